The largest absolute Gasteiger partial charge is 0.273 e. The lowest BCUT2D eigenvalue weighted by Crippen LogP contribution is -1.86. The van der Waals surface area contributed by atoms with Gasteiger partial charge in [-0.2, -0.15) is 5.10 Å². The van der Waals surface area contributed by atoms with Crippen molar-refractivity contribution < 1.29 is 0 Å². The van der Waals surface area contributed by atoms with Gasteiger partial charge in [0.1, 0.15) is 5.15 Å². The molecule has 3 nitrogen and oxygen atoms in total. The van der Waals surface area contributed by atoms with Gasteiger partial charge >= 0.3 is 0 Å². The third-order valence-corrected chi connectivity index (χ3v) is 1.98. The second kappa shape index (κ2) is 2.45. The highest BCUT2D eigenvalue weighted by atomic mass is 35.5. The van der Waals surface area contributed by atoms with E-state index >= 15 is 0 Å². The Hall–Kier alpha value is -1.09. The zero-order chi connectivity index (χ0) is 8.72. The number of fused-ring (bicyclic) bond motifs is 1. The van der Waals surface area contributed by atoms with E-state index in [4.69, 9.17) is 11.6 Å². The Balaban J connectivity index is 2.88. The van der Waals surface area contributed by atoms with Crippen LogP contribution in [0.15, 0.2) is 12.3 Å². The minimum atomic E-state index is 0.499. The lowest BCUT2D eigenvalue weighted by Gasteiger charge is -1.93. The summed E-state index contributed by atoms with van der Waals surface area (Å²) in [5, 5.41) is 5.71. The standard InChI is InChI=1S/C8H8ClN3/c1-5-3-7(9)10-8-6(5)4-12(2)11-8/h3-4H,1-2H3. The average Bonchev–Trinajstić information content (AvgIpc) is 2.29. The number of rotatable bonds is 0. The predicted octanol–water partition coefficient (Wildman–Crippen LogP) is 1.93. The summed E-state index contributed by atoms with van der Waals surface area (Å²) in [6.07, 6.45) is 1.94. The molecular formula is C8H8ClN3. The van der Waals surface area contributed by atoms with Crippen LogP contribution in [-0.4, -0.2) is 14.8 Å². The molecule has 0 aliphatic rings. The van der Waals surface area contributed by atoms with Crippen molar-refractivity contribution in [3.8, 4) is 0 Å². The number of nitrogens with zero attached hydrogens (tertiary/aromatic N) is 3. The molecule has 0 saturated heterocycles. The maximum atomic E-state index is 5.77. The van der Waals surface area contributed by atoms with Gasteiger partial charge in [0.05, 0.1) is 0 Å². The van der Waals surface area contributed by atoms with Crippen molar-refractivity contribution in [2.75, 3.05) is 0 Å². The molecule has 0 spiro atoms. The molecule has 0 saturated carbocycles. The van der Waals surface area contributed by atoms with E-state index in [0.29, 0.717) is 10.8 Å². The van der Waals surface area contributed by atoms with Crippen LogP contribution in [0.5, 0.6) is 0 Å². The molecule has 0 bridgehead atoms. The minimum absolute atomic E-state index is 0.499. The van der Waals surface area contributed by atoms with Gasteiger partial charge in [0.25, 0.3) is 0 Å². The molecule has 0 radical (unpaired) electrons. The molecule has 0 fully saturated rings. The van der Waals surface area contributed by atoms with Gasteiger partial charge in [-0.25, -0.2) is 4.98 Å². The highest BCUT2D eigenvalue weighted by molar-refractivity contribution is 6.29. The SMILES string of the molecule is Cc1cc(Cl)nc2nn(C)cc12. The third kappa shape index (κ3) is 1.06. The molecule has 0 aromatic carbocycles. The first-order valence-corrected chi connectivity index (χ1v) is 4.01. The summed E-state index contributed by atoms with van der Waals surface area (Å²) in [5.41, 5.74) is 1.82. The second-order valence-corrected chi connectivity index (χ2v) is 3.19. The summed E-state index contributed by atoms with van der Waals surface area (Å²) < 4.78 is 1.74. The van der Waals surface area contributed by atoms with Crippen LogP contribution in [0.3, 0.4) is 0 Å². The lowest BCUT2D eigenvalue weighted by molar-refractivity contribution is 0.776. The number of halogens is 1. The molecule has 12 heavy (non-hydrogen) atoms. The van der Waals surface area contributed by atoms with Gasteiger partial charge in [-0.1, -0.05) is 11.6 Å². The van der Waals surface area contributed by atoms with Crippen LogP contribution >= 0.6 is 11.6 Å². The van der Waals surface area contributed by atoms with Crippen LogP contribution in [0.1, 0.15) is 5.56 Å². The van der Waals surface area contributed by atoms with Crippen LogP contribution in [-0.2, 0) is 7.05 Å². The number of hydrogen-bond donors (Lipinski definition) is 0. The number of hydrogen-bond acceptors (Lipinski definition) is 2. The summed E-state index contributed by atoms with van der Waals surface area (Å²) in [5.74, 6) is 0. The Kier molecular flexibility index (Phi) is 1.54. The monoisotopic (exact) mass is 181 g/mol. The molecule has 0 aliphatic carbocycles. The summed E-state index contributed by atoms with van der Waals surface area (Å²) in [7, 11) is 1.87. The topological polar surface area (TPSA) is 30.7 Å². The van der Waals surface area contributed by atoms with E-state index in [1.165, 1.54) is 0 Å². The Labute approximate surface area is 75.0 Å². The molecule has 2 heterocycles. The molecular weight excluding hydrogens is 174 g/mol. The van der Waals surface area contributed by atoms with Crippen LogP contribution in [0, 0.1) is 6.92 Å². The second-order valence-electron chi connectivity index (χ2n) is 2.80. The fourth-order valence-corrected chi connectivity index (χ4v) is 1.47. The Morgan fingerprint density at radius 3 is 3.00 bits per heavy atom. The summed E-state index contributed by atoms with van der Waals surface area (Å²) in [6.45, 7) is 2.00. The molecule has 0 aliphatic heterocycles. The van der Waals surface area contributed by atoms with E-state index in [-0.39, 0.29) is 0 Å². The summed E-state index contributed by atoms with van der Waals surface area (Å²) in [6, 6.07) is 1.84. The quantitative estimate of drug-likeness (QED) is 0.582. The Bertz CT molecular complexity index is 433. The fraction of sp³-hybridized carbons (Fsp3) is 0.250. The smallest absolute Gasteiger partial charge is 0.182 e. The molecule has 0 amide bonds. The fourth-order valence-electron chi connectivity index (χ4n) is 1.23. The van der Waals surface area contributed by atoms with Crippen molar-refractivity contribution in [1.29, 1.82) is 0 Å². The van der Waals surface area contributed by atoms with Crippen molar-refractivity contribution in [2.45, 2.75) is 6.92 Å². The zero-order valence-corrected chi connectivity index (χ0v) is 7.63. The molecule has 2 aromatic heterocycles. The van der Waals surface area contributed by atoms with E-state index in [0.717, 1.165) is 10.9 Å². The van der Waals surface area contributed by atoms with Gasteiger partial charge in [0, 0.05) is 18.6 Å². The highest BCUT2D eigenvalue weighted by Gasteiger charge is 2.03. The molecule has 0 atom stereocenters. The van der Waals surface area contributed by atoms with E-state index in [2.05, 4.69) is 10.1 Å². The van der Waals surface area contributed by atoms with Crippen molar-refractivity contribution in [3.05, 3.63) is 23.0 Å². The summed E-state index contributed by atoms with van der Waals surface area (Å²) in [4.78, 5) is 4.09. The van der Waals surface area contributed by atoms with Gasteiger partial charge in [0.15, 0.2) is 5.65 Å². The molecule has 2 aromatic rings. The van der Waals surface area contributed by atoms with Crippen LogP contribution < -0.4 is 0 Å². The lowest BCUT2D eigenvalue weighted by atomic mass is 10.2. The van der Waals surface area contributed by atoms with Crippen molar-refractivity contribution in [3.63, 3.8) is 0 Å². The Morgan fingerprint density at radius 1 is 1.50 bits per heavy atom. The molecule has 62 valence electrons. The number of aromatic nitrogens is 3. The molecule has 0 unspecified atom stereocenters. The first-order chi connectivity index (χ1) is 5.66. The number of pyridine rings is 1. The first-order valence-electron chi connectivity index (χ1n) is 3.63. The van der Waals surface area contributed by atoms with Gasteiger partial charge in [-0.3, -0.25) is 4.68 Å². The van der Waals surface area contributed by atoms with Crippen molar-refractivity contribution in [2.24, 2.45) is 7.05 Å². The van der Waals surface area contributed by atoms with Crippen LogP contribution in [0.25, 0.3) is 11.0 Å². The third-order valence-electron chi connectivity index (χ3n) is 1.78. The maximum Gasteiger partial charge on any atom is 0.182 e. The van der Waals surface area contributed by atoms with Gasteiger partial charge < -0.3 is 0 Å². The minimum Gasteiger partial charge on any atom is -0.273 e. The predicted molar refractivity (Wildman–Crippen MR) is 48.3 cm³/mol. The van der Waals surface area contributed by atoms with Gasteiger partial charge in [0.2, 0.25) is 0 Å². The zero-order valence-electron chi connectivity index (χ0n) is 6.87. The maximum absolute atomic E-state index is 5.77. The number of aryl methyl sites for hydroxylation is 2. The Morgan fingerprint density at radius 2 is 2.25 bits per heavy atom. The van der Waals surface area contributed by atoms with Crippen molar-refractivity contribution in [1.82, 2.24) is 14.8 Å². The van der Waals surface area contributed by atoms with Gasteiger partial charge in [-0.05, 0) is 18.6 Å². The van der Waals surface area contributed by atoms with E-state index in [9.17, 15) is 0 Å². The molecule has 4 heteroatoms. The van der Waals surface area contributed by atoms with E-state index in [1.807, 2.05) is 26.2 Å². The highest BCUT2D eigenvalue weighted by Crippen LogP contribution is 2.18. The normalized spacial score (nSPS) is 10.9. The van der Waals surface area contributed by atoms with Crippen molar-refractivity contribution >= 4 is 22.6 Å². The van der Waals surface area contributed by atoms with E-state index in [1.54, 1.807) is 4.68 Å². The molecule has 2 rings (SSSR count). The van der Waals surface area contributed by atoms with Gasteiger partial charge in [-0.15, -0.1) is 0 Å². The summed E-state index contributed by atoms with van der Waals surface area (Å²) >= 11 is 5.77. The average molecular weight is 182 g/mol. The first kappa shape index (κ1) is 7.55. The molecule has 0 N–H and O–H groups in total. The van der Waals surface area contributed by atoms with E-state index < -0.39 is 0 Å². The van der Waals surface area contributed by atoms with Crippen LogP contribution in [0.2, 0.25) is 5.15 Å². The van der Waals surface area contributed by atoms with Crippen LogP contribution in [0.4, 0.5) is 0 Å².